The molecule has 0 aliphatic carbocycles. The highest BCUT2D eigenvalue weighted by molar-refractivity contribution is 7.88. The number of benzene rings is 1. The lowest BCUT2D eigenvalue weighted by atomic mass is 10.2. The maximum Gasteiger partial charge on any atom is 0.300 e. The molecule has 0 unspecified atom stereocenters. The minimum absolute atomic E-state index is 0.226. The van der Waals surface area contributed by atoms with Crippen molar-refractivity contribution >= 4 is 21.6 Å². The molecule has 1 amide bonds. The summed E-state index contributed by atoms with van der Waals surface area (Å²) in [5, 5.41) is 7.45. The minimum Gasteiger partial charge on any atom is -0.315 e. The summed E-state index contributed by atoms with van der Waals surface area (Å²) in [5.74, 6) is 4.17. The molecule has 3 N–H and O–H groups in total. The van der Waals surface area contributed by atoms with Crippen molar-refractivity contribution in [2.24, 2.45) is 5.14 Å². The zero-order valence-electron chi connectivity index (χ0n) is 9.23. The first kappa shape index (κ1) is 13.2. The quantitative estimate of drug-likeness (QED) is 0.765. The van der Waals surface area contributed by atoms with Gasteiger partial charge in [0.2, 0.25) is 10.0 Å². The smallest absolute Gasteiger partial charge is 0.300 e. The molecule has 0 bridgehead atoms. The van der Waals surface area contributed by atoms with Crippen LogP contribution in [0.1, 0.15) is 12.5 Å². The second-order valence-electron chi connectivity index (χ2n) is 3.33. The van der Waals surface area contributed by atoms with E-state index in [0.717, 1.165) is 0 Å². The van der Waals surface area contributed by atoms with Gasteiger partial charge in [0.05, 0.1) is 5.75 Å². The molecule has 0 aromatic heterocycles. The Hall–Kier alpha value is -1.84. The van der Waals surface area contributed by atoms with E-state index in [1.807, 2.05) is 0 Å². The zero-order valence-corrected chi connectivity index (χ0v) is 10.0. The van der Waals surface area contributed by atoms with Crippen molar-refractivity contribution in [1.82, 2.24) is 0 Å². The largest absolute Gasteiger partial charge is 0.315 e. The monoisotopic (exact) mass is 252 g/mol. The number of nitrogens with two attached hydrogens (primary N) is 1. The molecule has 1 aromatic rings. The third kappa shape index (κ3) is 5.15. The first-order valence-electron chi connectivity index (χ1n) is 4.74. The molecule has 0 saturated heterocycles. The minimum atomic E-state index is -3.53. The van der Waals surface area contributed by atoms with Crippen LogP contribution >= 0.6 is 0 Å². The van der Waals surface area contributed by atoms with Crippen LogP contribution in [0, 0.1) is 11.8 Å². The first-order valence-corrected chi connectivity index (χ1v) is 6.45. The molecule has 90 valence electrons. The van der Waals surface area contributed by atoms with Crippen LogP contribution in [-0.2, 0) is 20.6 Å². The fraction of sp³-hybridized carbons (Fsp3) is 0.182. The van der Waals surface area contributed by atoms with Crippen molar-refractivity contribution < 1.29 is 13.2 Å². The van der Waals surface area contributed by atoms with Crippen molar-refractivity contribution in [3.63, 3.8) is 0 Å². The van der Waals surface area contributed by atoms with Gasteiger partial charge in [-0.2, -0.15) is 0 Å². The molecule has 0 heterocycles. The van der Waals surface area contributed by atoms with Crippen LogP contribution in [0.4, 0.5) is 5.69 Å². The van der Waals surface area contributed by atoms with Crippen LogP contribution in [0.2, 0.25) is 0 Å². The molecule has 17 heavy (non-hydrogen) atoms. The van der Waals surface area contributed by atoms with Crippen LogP contribution < -0.4 is 10.5 Å². The SMILES string of the molecule is CC#CC(=O)Nc1ccc(CS(N)(=O)=O)cc1. The van der Waals surface area contributed by atoms with Crippen LogP contribution in [-0.4, -0.2) is 14.3 Å². The number of amides is 1. The summed E-state index contributed by atoms with van der Waals surface area (Å²) < 4.78 is 21.7. The van der Waals surface area contributed by atoms with Gasteiger partial charge >= 0.3 is 0 Å². The molecule has 0 spiro atoms. The van der Waals surface area contributed by atoms with E-state index in [4.69, 9.17) is 5.14 Å². The van der Waals surface area contributed by atoms with Crippen molar-refractivity contribution in [3.05, 3.63) is 29.8 Å². The third-order valence-electron chi connectivity index (χ3n) is 1.82. The van der Waals surface area contributed by atoms with Crippen molar-refractivity contribution in [2.75, 3.05) is 5.32 Å². The van der Waals surface area contributed by atoms with E-state index in [1.165, 1.54) is 0 Å². The number of primary sulfonamides is 1. The van der Waals surface area contributed by atoms with E-state index >= 15 is 0 Å². The summed E-state index contributed by atoms with van der Waals surface area (Å²) in [6.07, 6.45) is 0. The number of anilines is 1. The Bertz CT molecular complexity index is 565. The van der Waals surface area contributed by atoms with Crippen molar-refractivity contribution in [1.29, 1.82) is 0 Å². The maximum absolute atomic E-state index is 11.1. The summed E-state index contributed by atoms with van der Waals surface area (Å²) in [4.78, 5) is 11.1. The van der Waals surface area contributed by atoms with Crippen LogP contribution in [0.15, 0.2) is 24.3 Å². The highest BCUT2D eigenvalue weighted by Crippen LogP contribution is 2.10. The van der Waals surface area contributed by atoms with Gasteiger partial charge in [-0.15, -0.1) is 0 Å². The van der Waals surface area contributed by atoms with Crippen molar-refractivity contribution in [2.45, 2.75) is 12.7 Å². The Morgan fingerprint density at radius 2 is 1.94 bits per heavy atom. The molecule has 0 aliphatic rings. The zero-order chi connectivity index (χ0) is 12.9. The number of hydrogen-bond donors (Lipinski definition) is 2. The second kappa shape index (κ2) is 5.48. The van der Waals surface area contributed by atoms with Crippen molar-refractivity contribution in [3.8, 4) is 11.8 Å². The lowest BCUT2D eigenvalue weighted by Crippen LogP contribution is -2.14. The van der Waals surface area contributed by atoms with E-state index in [2.05, 4.69) is 17.2 Å². The van der Waals surface area contributed by atoms with E-state index < -0.39 is 15.9 Å². The molecule has 1 aromatic carbocycles. The van der Waals surface area contributed by atoms with E-state index in [-0.39, 0.29) is 5.75 Å². The third-order valence-corrected chi connectivity index (χ3v) is 2.55. The lowest BCUT2D eigenvalue weighted by molar-refractivity contribution is -0.111. The van der Waals surface area contributed by atoms with Crippen LogP contribution in [0.25, 0.3) is 0 Å². The van der Waals surface area contributed by atoms with Gasteiger partial charge in [-0.3, -0.25) is 4.79 Å². The average molecular weight is 252 g/mol. The molecule has 0 fully saturated rings. The summed E-state index contributed by atoms with van der Waals surface area (Å²) in [5.41, 5.74) is 1.11. The molecule has 0 saturated carbocycles. The van der Waals surface area contributed by atoms with Crippen LogP contribution in [0.5, 0.6) is 0 Å². The molecule has 0 radical (unpaired) electrons. The molecule has 6 heteroatoms. The Morgan fingerprint density at radius 1 is 1.35 bits per heavy atom. The summed E-state index contributed by atoms with van der Waals surface area (Å²) in [6, 6.07) is 6.35. The number of nitrogens with one attached hydrogen (secondary N) is 1. The fourth-order valence-corrected chi connectivity index (χ4v) is 1.85. The average Bonchev–Trinajstić information content (AvgIpc) is 2.19. The number of carbonyl (C=O) groups excluding carboxylic acids is 1. The molecule has 0 aliphatic heterocycles. The number of rotatable bonds is 3. The molecule has 1 rings (SSSR count). The van der Waals surface area contributed by atoms with E-state index in [1.54, 1.807) is 31.2 Å². The van der Waals surface area contributed by atoms with Gasteiger partial charge in [-0.25, -0.2) is 13.6 Å². The fourth-order valence-electron chi connectivity index (χ4n) is 1.19. The number of hydrogen-bond acceptors (Lipinski definition) is 3. The lowest BCUT2D eigenvalue weighted by Gasteiger charge is -2.03. The van der Waals surface area contributed by atoms with Gasteiger partial charge in [-0.05, 0) is 30.5 Å². The summed E-state index contributed by atoms with van der Waals surface area (Å²) >= 11 is 0. The second-order valence-corrected chi connectivity index (χ2v) is 4.95. The topological polar surface area (TPSA) is 89.3 Å². The van der Waals surface area contributed by atoms with Gasteiger partial charge in [0, 0.05) is 5.69 Å². The predicted octanol–water partition coefficient (Wildman–Crippen LogP) is 0.437. The van der Waals surface area contributed by atoms with Gasteiger partial charge in [0.25, 0.3) is 5.91 Å². The number of sulfonamides is 1. The van der Waals surface area contributed by atoms with E-state index in [0.29, 0.717) is 11.3 Å². The predicted molar refractivity (Wildman–Crippen MR) is 65.3 cm³/mol. The first-order chi connectivity index (χ1) is 7.90. The van der Waals surface area contributed by atoms with Gasteiger partial charge in [0.1, 0.15) is 0 Å². The molecular formula is C11H12N2O3S. The Balaban J connectivity index is 2.74. The molecule has 0 atom stereocenters. The van der Waals surface area contributed by atoms with Gasteiger partial charge in [-0.1, -0.05) is 18.1 Å². The summed E-state index contributed by atoms with van der Waals surface area (Å²) in [6.45, 7) is 1.56. The molecular weight excluding hydrogens is 240 g/mol. The Kier molecular flexibility index (Phi) is 4.26. The standard InChI is InChI=1S/C11H12N2O3S/c1-2-3-11(14)13-10-6-4-9(5-7-10)8-17(12,15)16/h4-7H,8H2,1H3,(H,13,14)(H2,12,15,16). The highest BCUT2D eigenvalue weighted by atomic mass is 32.2. The number of carbonyl (C=O) groups is 1. The Morgan fingerprint density at radius 3 is 2.41 bits per heavy atom. The Labute approximate surface area is 100 Å². The van der Waals surface area contributed by atoms with Gasteiger partial charge in [0.15, 0.2) is 0 Å². The van der Waals surface area contributed by atoms with Crippen LogP contribution in [0.3, 0.4) is 0 Å². The van der Waals surface area contributed by atoms with E-state index in [9.17, 15) is 13.2 Å². The van der Waals surface area contributed by atoms with Gasteiger partial charge < -0.3 is 5.32 Å². The maximum atomic E-state index is 11.1. The summed E-state index contributed by atoms with van der Waals surface area (Å²) in [7, 11) is -3.53. The highest BCUT2D eigenvalue weighted by Gasteiger charge is 2.05. The normalized spacial score (nSPS) is 10.2. The molecule has 5 nitrogen and oxygen atoms in total.